The summed E-state index contributed by atoms with van der Waals surface area (Å²) in [6.07, 6.45) is 2.90. The largest absolute Gasteiger partial charge is 0.324 e. The minimum absolute atomic E-state index is 0. The van der Waals surface area contributed by atoms with Gasteiger partial charge in [-0.25, -0.2) is 4.39 Å². The van der Waals surface area contributed by atoms with Crippen molar-refractivity contribution in [2.75, 3.05) is 0 Å². The van der Waals surface area contributed by atoms with Gasteiger partial charge >= 0.3 is 0 Å². The van der Waals surface area contributed by atoms with Crippen molar-refractivity contribution in [3.05, 3.63) is 34.6 Å². The second kappa shape index (κ2) is 7.04. The van der Waals surface area contributed by atoms with Gasteiger partial charge < -0.3 is 5.73 Å². The summed E-state index contributed by atoms with van der Waals surface area (Å²) in [4.78, 5) is 0. The number of nitrogens with two attached hydrogens (primary N) is 1. The van der Waals surface area contributed by atoms with Gasteiger partial charge in [-0.1, -0.05) is 37.4 Å². The molecule has 1 nitrogen and oxygen atoms in total. The third kappa shape index (κ3) is 4.37. The summed E-state index contributed by atoms with van der Waals surface area (Å²) in [6, 6.07) is 4.43. The van der Waals surface area contributed by atoms with Gasteiger partial charge in [0.1, 0.15) is 5.82 Å². The lowest BCUT2D eigenvalue weighted by molar-refractivity contribution is 0.548. The fourth-order valence-electron chi connectivity index (χ4n) is 1.38. The maximum Gasteiger partial charge on any atom is 0.129 e. The van der Waals surface area contributed by atoms with Crippen molar-refractivity contribution in [3.63, 3.8) is 0 Å². The van der Waals surface area contributed by atoms with Crippen LogP contribution in [0.3, 0.4) is 0 Å². The standard InChI is InChI=1S/C11H15ClFN.ClH/c1-2-3-4-11(14)9-6-5-8(12)7-10(9)13;/h5-7,11H,2-4,14H2,1H3;1H/t11-;/m1./s1. The molecule has 0 heterocycles. The van der Waals surface area contributed by atoms with E-state index in [0.717, 1.165) is 19.3 Å². The molecule has 0 spiro atoms. The van der Waals surface area contributed by atoms with Crippen LogP contribution in [0.5, 0.6) is 0 Å². The number of unbranched alkanes of at least 4 members (excludes halogenated alkanes) is 1. The first-order valence-corrected chi connectivity index (χ1v) is 5.23. The molecule has 0 unspecified atom stereocenters. The Morgan fingerprint density at radius 2 is 2.13 bits per heavy atom. The zero-order valence-electron chi connectivity index (χ0n) is 8.67. The molecule has 0 aliphatic carbocycles. The Balaban J connectivity index is 0.00000196. The van der Waals surface area contributed by atoms with E-state index in [4.69, 9.17) is 17.3 Å². The van der Waals surface area contributed by atoms with E-state index in [1.807, 2.05) is 0 Å². The second-order valence-electron chi connectivity index (χ2n) is 3.41. The van der Waals surface area contributed by atoms with E-state index in [1.165, 1.54) is 6.07 Å². The molecule has 0 bridgehead atoms. The summed E-state index contributed by atoms with van der Waals surface area (Å²) in [6.45, 7) is 2.09. The molecule has 86 valence electrons. The monoisotopic (exact) mass is 251 g/mol. The predicted molar refractivity (Wildman–Crippen MR) is 65.1 cm³/mol. The van der Waals surface area contributed by atoms with E-state index in [9.17, 15) is 4.39 Å². The first-order chi connectivity index (χ1) is 6.65. The van der Waals surface area contributed by atoms with Crippen molar-refractivity contribution >= 4 is 24.0 Å². The molecular formula is C11H16Cl2FN. The molecule has 0 aliphatic rings. The zero-order valence-corrected chi connectivity index (χ0v) is 10.2. The molecule has 2 N–H and O–H groups in total. The van der Waals surface area contributed by atoms with Crippen molar-refractivity contribution < 1.29 is 4.39 Å². The highest BCUT2D eigenvalue weighted by atomic mass is 35.5. The lowest BCUT2D eigenvalue weighted by atomic mass is 10.0. The summed E-state index contributed by atoms with van der Waals surface area (Å²) in [5, 5.41) is 0.411. The van der Waals surface area contributed by atoms with Crippen LogP contribution in [0.25, 0.3) is 0 Å². The molecule has 15 heavy (non-hydrogen) atoms. The van der Waals surface area contributed by atoms with Crippen molar-refractivity contribution in [3.8, 4) is 0 Å². The molecule has 1 aromatic rings. The third-order valence-corrected chi connectivity index (χ3v) is 2.47. The zero-order chi connectivity index (χ0) is 10.6. The van der Waals surface area contributed by atoms with Crippen LogP contribution in [-0.4, -0.2) is 0 Å². The predicted octanol–water partition coefficient (Wildman–Crippen LogP) is 4.09. The van der Waals surface area contributed by atoms with E-state index < -0.39 is 0 Å². The van der Waals surface area contributed by atoms with Crippen LogP contribution < -0.4 is 5.73 Å². The van der Waals surface area contributed by atoms with Gasteiger partial charge in [0.2, 0.25) is 0 Å². The topological polar surface area (TPSA) is 26.0 Å². The number of halogens is 3. The summed E-state index contributed by atoms with van der Waals surface area (Å²) < 4.78 is 13.4. The second-order valence-corrected chi connectivity index (χ2v) is 3.85. The fourth-order valence-corrected chi connectivity index (χ4v) is 1.54. The van der Waals surface area contributed by atoms with Gasteiger partial charge in [-0.3, -0.25) is 0 Å². The molecule has 0 fully saturated rings. The highest BCUT2D eigenvalue weighted by molar-refractivity contribution is 6.30. The van der Waals surface area contributed by atoms with E-state index in [-0.39, 0.29) is 24.3 Å². The summed E-state index contributed by atoms with van der Waals surface area (Å²) in [7, 11) is 0. The first-order valence-electron chi connectivity index (χ1n) is 4.85. The molecule has 4 heteroatoms. The van der Waals surface area contributed by atoms with Gasteiger partial charge in [0.05, 0.1) is 0 Å². The molecule has 0 aromatic heterocycles. The number of hydrogen-bond donors (Lipinski definition) is 1. The maximum atomic E-state index is 13.4. The van der Waals surface area contributed by atoms with Crippen molar-refractivity contribution in [1.29, 1.82) is 0 Å². The third-order valence-electron chi connectivity index (χ3n) is 2.23. The number of rotatable bonds is 4. The minimum Gasteiger partial charge on any atom is -0.324 e. The van der Waals surface area contributed by atoms with E-state index in [1.54, 1.807) is 12.1 Å². The van der Waals surface area contributed by atoms with Crippen LogP contribution in [0.4, 0.5) is 4.39 Å². The molecule has 0 radical (unpaired) electrons. The highest BCUT2D eigenvalue weighted by Gasteiger charge is 2.10. The van der Waals surface area contributed by atoms with Gasteiger partial charge in [-0.05, 0) is 18.6 Å². The Labute approximate surface area is 101 Å². The van der Waals surface area contributed by atoms with Crippen LogP contribution in [0, 0.1) is 5.82 Å². The molecular weight excluding hydrogens is 236 g/mol. The summed E-state index contributed by atoms with van der Waals surface area (Å²) >= 11 is 5.65. The maximum absolute atomic E-state index is 13.4. The number of benzene rings is 1. The van der Waals surface area contributed by atoms with Crippen LogP contribution in [0.15, 0.2) is 18.2 Å². The molecule has 1 atom stereocenters. The molecule has 1 rings (SSSR count). The van der Waals surface area contributed by atoms with E-state index in [2.05, 4.69) is 6.92 Å². The average Bonchev–Trinajstić information content (AvgIpc) is 2.14. The summed E-state index contributed by atoms with van der Waals surface area (Å²) in [5.41, 5.74) is 6.41. The van der Waals surface area contributed by atoms with Gasteiger partial charge in [-0.15, -0.1) is 12.4 Å². The molecule has 0 saturated carbocycles. The van der Waals surface area contributed by atoms with E-state index in [0.29, 0.717) is 10.6 Å². The Morgan fingerprint density at radius 1 is 1.47 bits per heavy atom. The molecule has 1 aromatic carbocycles. The van der Waals surface area contributed by atoms with Gasteiger partial charge in [-0.2, -0.15) is 0 Å². The van der Waals surface area contributed by atoms with Crippen molar-refractivity contribution in [2.45, 2.75) is 32.2 Å². The quantitative estimate of drug-likeness (QED) is 0.858. The van der Waals surface area contributed by atoms with Crippen molar-refractivity contribution in [2.24, 2.45) is 5.73 Å². The molecule has 0 aliphatic heterocycles. The SMILES string of the molecule is CCCC[C@@H](N)c1ccc(Cl)cc1F.Cl. The van der Waals surface area contributed by atoms with Gasteiger partial charge in [0.25, 0.3) is 0 Å². The minimum atomic E-state index is -0.305. The van der Waals surface area contributed by atoms with Crippen LogP contribution >= 0.6 is 24.0 Å². The Hall–Kier alpha value is -0.310. The average molecular weight is 252 g/mol. The lowest BCUT2D eigenvalue weighted by Crippen LogP contribution is -2.11. The highest BCUT2D eigenvalue weighted by Crippen LogP contribution is 2.22. The Bertz CT molecular complexity index is 305. The number of hydrogen-bond acceptors (Lipinski definition) is 1. The Kier molecular flexibility index (Phi) is 6.90. The smallest absolute Gasteiger partial charge is 0.129 e. The fraction of sp³-hybridized carbons (Fsp3) is 0.455. The van der Waals surface area contributed by atoms with Crippen LogP contribution in [-0.2, 0) is 0 Å². The first kappa shape index (κ1) is 14.7. The summed E-state index contributed by atoms with van der Waals surface area (Å²) in [5.74, 6) is -0.305. The van der Waals surface area contributed by atoms with Crippen molar-refractivity contribution in [1.82, 2.24) is 0 Å². The lowest BCUT2D eigenvalue weighted by Gasteiger charge is -2.12. The molecule has 0 amide bonds. The van der Waals surface area contributed by atoms with E-state index >= 15 is 0 Å². The van der Waals surface area contributed by atoms with Gasteiger partial charge in [0.15, 0.2) is 0 Å². The normalized spacial score (nSPS) is 12.0. The van der Waals surface area contributed by atoms with Gasteiger partial charge in [0, 0.05) is 16.6 Å². The van der Waals surface area contributed by atoms with Crippen LogP contribution in [0.1, 0.15) is 37.8 Å². The Morgan fingerprint density at radius 3 is 2.67 bits per heavy atom. The van der Waals surface area contributed by atoms with Crippen LogP contribution in [0.2, 0.25) is 5.02 Å². The molecule has 0 saturated heterocycles.